The zero-order valence-corrected chi connectivity index (χ0v) is 18.6. The molecule has 0 unspecified atom stereocenters. The van der Waals surface area contributed by atoms with Crippen LogP contribution in [0.1, 0.15) is 30.5 Å². The number of cyclic esters (lactones) is 1. The summed E-state index contributed by atoms with van der Waals surface area (Å²) < 4.78 is 17.1. The Balaban J connectivity index is 1.88. The summed E-state index contributed by atoms with van der Waals surface area (Å²) in [5.41, 5.74) is 2.68. The summed E-state index contributed by atoms with van der Waals surface area (Å²) in [7, 11) is 1.48. The summed E-state index contributed by atoms with van der Waals surface area (Å²) in [6, 6.07) is 10.8. The van der Waals surface area contributed by atoms with Crippen LogP contribution >= 0.6 is 22.6 Å². The third-order valence-electron chi connectivity index (χ3n) is 4.20. The first kappa shape index (κ1) is 21.0. The number of carbonyl (C=O) groups excluding carboxylic acids is 2. The van der Waals surface area contributed by atoms with Gasteiger partial charge in [0.1, 0.15) is 0 Å². The number of halogens is 1. The van der Waals surface area contributed by atoms with Crippen molar-refractivity contribution in [2.75, 3.05) is 7.11 Å². The number of methoxy groups -OCH3 is 1. The Morgan fingerprint density at radius 3 is 2.59 bits per heavy atom. The number of aryl methyl sites for hydroxylation is 1. The first-order valence-electron chi connectivity index (χ1n) is 8.97. The summed E-state index contributed by atoms with van der Waals surface area (Å²) in [6.07, 6.45) is 1.60. The van der Waals surface area contributed by atoms with Gasteiger partial charge >= 0.3 is 11.9 Å². The van der Waals surface area contributed by atoms with Gasteiger partial charge in [-0.15, -0.1) is 0 Å². The minimum Gasteiger partial charge on any atom is -0.493 e. The quantitative estimate of drug-likeness (QED) is 0.259. The van der Waals surface area contributed by atoms with Crippen molar-refractivity contribution in [3.63, 3.8) is 0 Å². The Morgan fingerprint density at radius 2 is 1.93 bits per heavy atom. The topological polar surface area (TPSA) is 74.2 Å². The highest BCUT2D eigenvalue weighted by molar-refractivity contribution is 14.1. The van der Waals surface area contributed by atoms with Gasteiger partial charge in [-0.05, 0) is 77.0 Å². The maximum atomic E-state index is 12.2. The number of hydrogen-bond donors (Lipinski definition) is 0. The third-order valence-corrected chi connectivity index (χ3v) is 5.41. The molecule has 0 fully saturated rings. The summed E-state index contributed by atoms with van der Waals surface area (Å²) >= 11 is 2.24. The lowest BCUT2D eigenvalue weighted by molar-refractivity contribution is -0.137. The lowest BCUT2D eigenvalue weighted by Crippen LogP contribution is -2.15. The van der Waals surface area contributed by atoms with Crippen LogP contribution in [0.3, 0.4) is 0 Å². The normalized spacial score (nSPS) is 14.8. The Hall–Kier alpha value is -2.68. The smallest absolute Gasteiger partial charge is 0.363 e. The van der Waals surface area contributed by atoms with E-state index >= 15 is 0 Å². The van der Waals surface area contributed by atoms with Gasteiger partial charge in [-0.25, -0.2) is 9.79 Å². The van der Waals surface area contributed by atoms with Crippen LogP contribution in [0.5, 0.6) is 11.5 Å². The second-order valence-corrected chi connectivity index (χ2v) is 7.95. The van der Waals surface area contributed by atoms with E-state index in [4.69, 9.17) is 14.2 Å². The van der Waals surface area contributed by atoms with E-state index in [2.05, 4.69) is 27.6 Å². The molecule has 0 saturated carbocycles. The first-order chi connectivity index (χ1) is 13.8. The molecule has 3 rings (SSSR count). The second-order valence-electron chi connectivity index (χ2n) is 6.79. The van der Waals surface area contributed by atoms with Crippen LogP contribution in [0.25, 0.3) is 6.08 Å². The van der Waals surface area contributed by atoms with E-state index < -0.39 is 5.97 Å². The van der Waals surface area contributed by atoms with Crippen LogP contribution in [0.2, 0.25) is 0 Å². The van der Waals surface area contributed by atoms with E-state index in [-0.39, 0.29) is 23.5 Å². The molecule has 0 saturated heterocycles. The molecule has 0 bridgehead atoms. The molecule has 2 aromatic carbocycles. The van der Waals surface area contributed by atoms with Crippen molar-refractivity contribution in [3.8, 4) is 11.5 Å². The molecule has 0 aromatic heterocycles. The number of ether oxygens (including phenoxy) is 3. The van der Waals surface area contributed by atoms with Crippen LogP contribution in [0.15, 0.2) is 47.1 Å². The zero-order valence-electron chi connectivity index (χ0n) is 16.5. The van der Waals surface area contributed by atoms with Gasteiger partial charge in [0.05, 0.1) is 13.0 Å². The highest BCUT2D eigenvalue weighted by Gasteiger charge is 2.24. The molecule has 1 aliphatic rings. The molecule has 1 aliphatic heterocycles. The van der Waals surface area contributed by atoms with Gasteiger partial charge in [0.25, 0.3) is 0 Å². The molecule has 2 aromatic rings. The van der Waals surface area contributed by atoms with Gasteiger partial charge in [-0.1, -0.05) is 19.9 Å². The van der Waals surface area contributed by atoms with Crippen molar-refractivity contribution in [2.45, 2.75) is 20.8 Å². The molecule has 6 nitrogen and oxygen atoms in total. The number of hydrogen-bond acceptors (Lipinski definition) is 6. The Kier molecular flexibility index (Phi) is 6.36. The number of aliphatic imine (C=N–C) groups is 1. The highest BCUT2D eigenvalue weighted by atomic mass is 127. The van der Waals surface area contributed by atoms with Crippen molar-refractivity contribution in [3.05, 3.63) is 62.4 Å². The van der Waals surface area contributed by atoms with Crippen molar-refractivity contribution < 1.29 is 23.8 Å². The lowest BCUT2D eigenvalue weighted by atomic mass is 10.1. The van der Waals surface area contributed by atoms with Crippen molar-refractivity contribution in [1.82, 2.24) is 0 Å². The summed E-state index contributed by atoms with van der Waals surface area (Å²) in [6.45, 7) is 5.49. The van der Waals surface area contributed by atoms with Crippen molar-refractivity contribution in [1.29, 1.82) is 0 Å². The first-order valence-corrected chi connectivity index (χ1v) is 10.0. The standard InChI is InChI=1S/C22H20INO5/c1-12(2)21(25)28-18-8-5-14(11-19(18)27-4)10-17-22(26)29-20(24-17)15-6-7-16(23)13(3)9-15/h5-12H,1-4H3/b17-10-. The number of esters is 2. The van der Waals surface area contributed by atoms with E-state index in [1.807, 2.05) is 25.1 Å². The van der Waals surface area contributed by atoms with Gasteiger partial charge in [-0.2, -0.15) is 0 Å². The van der Waals surface area contributed by atoms with Crippen molar-refractivity contribution >= 4 is 46.5 Å². The number of nitrogens with zero attached hydrogens (tertiary/aromatic N) is 1. The lowest BCUT2D eigenvalue weighted by Gasteiger charge is -2.11. The maximum absolute atomic E-state index is 12.2. The minimum atomic E-state index is -0.523. The molecular weight excluding hydrogens is 485 g/mol. The van der Waals surface area contributed by atoms with E-state index in [9.17, 15) is 9.59 Å². The van der Waals surface area contributed by atoms with Crippen LogP contribution in [-0.4, -0.2) is 24.9 Å². The molecule has 7 heteroatoms. The van der Waals surface area contributed by atoms with Crippen molar-refractivity contribution in [2.24, 2.45) is 10.9 Å². The van der Waals surface area contributed by atoms with Gasteiger partial charge in [-0.3, -0.25) is 4.79 Å². The third kappa shape index (κ3) is 4.84. The number of benzene rings is 2. The average molecular weight is 505 g/mol. The summed E-state index contributed by atoms with van der Waals surface area (Å²) in [4.78, 5) is 28.4. The summed E-state index contributed by atoms with van der Waals surface area (Å²) in [5, 5.41) is 0. The van der Waals surface area contributed by atoms with E-state index in [0.717, 1.165) is 14.7 Å². The van der Waals surface area contributed by atoms with E-state index in [1.54, 1.807) is 38.1 Å². The Labute approximate surface area is 182 Å². The van der Waals surface area contributed by atoms with Crippen LogP contribution in [0.4, 0.5) is 0 Å². The molecule has 0 atom stereocenters. The van der Waals surface area contributed by atoms with Gasteiger partial charge in [0, 0.05) is 9.13 Å². The van der Waals surface area contributed by atoms with E-state index in [0.29, 0.717) is 17.1 Å². The predicted octanol–water partition coefficient (Wildman–Crippen LogP) is 4.51. The molecule has 1 heterocycles. The Morgan fingerprint density at radius 1 is 1.17 bits per heavy atom. The number of rotatable bonds is 5. The molecule has 0 amide bonds. The SMILES string of the molecule is COc1cc(/C=C2\N=C(c3ccc(I)c(C)c3)OC2=O)ccc1OC(=O)C(C)C. The molecule has 0 N–H and O–H groups in total. The summed E-state index contributed by atoms with van der Waals surface area (Å²) in [5.74, 6) is -0.151. The Bertz CT molecular complexity index is 1040. The monoisotopic (exact) mass is 505 g/mol. The zero-order chi connectivity index (χ0) is 21.1. The molecule has 150 valence electrons. The maximum Gasteiger partial charge on any atom is 0.363 e. The van der Waals surface area contributed by atoms with Crippen LogP contribution in [-0.2, 0) is 14.3 Å². The largest absolute Gasteiger partial charge is 0.493 e. The molecule has 0 spiro atoms. The van der Waals surface area contributed by atoms with Crippen LogP contribution in [0, 0.1) is 16.4 Å². The fourth-order valence-electron chi connectivity index (χ4n) is 2.55. The van der Waals surface area contributed by atoms with Gasteiger partial charge in [0.2, 0.25) is 5.90 Å². The molecule has 0 radical (unpaired) electrons. The van der Waals surface area contributed by atoms with Crippen LogP contribution < -0.4 is 9.47 Å². The molecule has 29 heavy (non-hydrogen) atoms. The molecule has 0 aliphatic carbocycles. The van der Waals surface area contributed by atoms with Gasteiger partial charge in [0.15, 0.2) is 17.2 Å². The van der Waals surface area contributed by atoms with Gasteiger partial charge < -0.3 is 14.2 Å². The average Bonchev–Trinajstić information content (AvgIpc) is 3.05. The van der Waals surface area contributed by atoms with E-state index in [1.165, 1.54) is 7.11 Å². The molecular formula is C22H20INO5. The second kappa shape index (κ2) is 8.77. The minimum absolute atomic E-state index is 0.185. The fourth-order valence-corrected chi connectivity index (χ4v) is 2.89. The predicted molar refractivity (Wildman–Crippen MR) is 118 cm³/mol. The highest BCUT2D eigenvalue weighted by Crippen LogP contribution is 2.30. The number of carbonyl (C=O) groups is 2. The fraction of sp³-hybridized carbons (Fsp3) is 0.227.